The summed E-state index contributed by atoms with van der Waals surface area (Å²) in [5.41, 5.74) is 3.10. The maximum Gasteiger partial charge on any atom is 0.224 e. The Labute approximate surface area is 158 Å². The number of carbonyl (C=O) groups is 4. The van der Waals surface area contributed by atoms with E-state index in [0.29, 0.717) is 24.6 Å². The van der Waals surface area contributed by atoms with Crippen LogP contribution in [0.5, 0.6) is 0 Å². The summed E-state index contributed by atoms with van der Waals surface area (Å²) < 4.78 is 0. The summed E-state index contributed by atoms with van der Waals surface area (Å²) in [5.74, 6) is -1.12. The molecule has 0 aliphatic rings. The van der Waals surface area contributed by atoms with Crippen LogP contribution in [-0.2, 0) is 14.4 Å². The van der Waals surface area contributed by atoms with Crippen molar-refractivity contribution in [2.24, 2.45) is 5.92 Å². The van der Waals surface area contributed by atoms with Gasteiger partial charge in [-0.25, -0.2) is 0 Å². The van der Waals surface area contributed by atoms with Crippen molar-refractivity contribution in [1.29, 1.82) is 0 Å². The van der Waals surface area contributed by atoms with Gasteiger partial charge in [0.05, 0.1) is 5.92 Å². The molecule has 0 spiro atoms. The van der Waals surface area contributed by atoms with Gasteiger partial charge in [0.1, 0.15) is 12.6 Å². The standard InChI is InChI=1S/C22H23NO4/c1-2-3-4-22(27)23-20-11-9-18(10-12-20)17-5-7-19(8-6-17)21(26)13-16(14-24)15-25/h5-12,14-16H,2-4,13H2,1H3,(H,23,27). The molecular weight excluding hydrogens is 342 g/mol. The van der Waals surface area contributed by atoms with Crippen LogP contribution in [0.25, 0.3) is 11.1 Å². The van der Waals surface area contributed by atoms with Crippen molar-refractivity contribution < 1.29 is 19.2 Å². The number of anilines is 1. The fourth-order valence-corrected chi connectivity index (χ4v) is 2.62. The first-order valence-corrected chi connectivity index (χ1v) is 9.01. The fraction of sp³-hybridized carbons (Fsp3) is 0.273. The van der Waals surface area contributed by atoms with Gasteiger partial charge in [-0.3, -0.25) is 9.59 Å². The molecule has 0 aliphatic heterocycles. The van der Waals surface area contributed by atoms with Crippen LogP contribution in [0.3, 0.4) is 0 Å². The highest BCUT2D eigenvalue weighted by atomic mass is 16.2. The lowest BCUT2D eigenvalue weighted by Crippen LogP contribution is -2.11. The Kier molecular flexibility index (Phi) is 7.62. The Morgan fingerprint density at radius 1 is 0.926 bits per heavy atom. The van der Waals surface area contributed by atoms with Gasteiger partial charge in [0.25, 0.3) is 0 Å². The van der Waals surface area contributed by atoms with E-state index in [9.17, 15) is 19.2 Å². The number of nitrogens with one attached hydrogen (secondary N) is 1. The molecule has 140 valence electrons. The molecule has 5 nitrogen and oxygen atoms in total. The molecule has 0 saturated carbocycles. The van der Waals surface area contributed by atoms with Crippen LogP contribution in [0.2, 0.25) is 0 Å². The van der Waals surface area contributed by atoms with Crippen molar-refractivity contribution in [2.75, 3.05) is 5.32 Å². The second kappa shape index (κ2) is 10.2. The molecule has 0 aromatic heterocycles. The molecule has 1 amide bonds. The Bertz CT molecular complexity index is 786. The highest BCUT2D eigenvalue weighted by Crippen LogP contribution is 2.22. The number of benzene rings is 2. The predicted molar refractivity (Wildman–Crippen MR) is 105 cm³/mol. The minimum atomic E-state index is -0.891. The van der Waals surface area contributed by atoms with Gasteiger partial charge < -0.3 is 14.9 Å². The van der Waals surface area contributed by atoms with Crippen LogP contribution in [0.4, 0.5) is 5.69 Å². The molecule has 0 atom stereocenters. The topological polar surface area (TPSA) is 80.3 Å². The maximum absolute atomic E-state index is 12.1. The fourth-order valence-electron chi connectivity index (χ4n) is 2.62. The van der Waals surface area contributed by atoms with Gasteiger partial charge >= 0.3 is 0 Å². The number of hydrogen-bond acceptors (Lipinski definition) is 4. The molecule has 2 aromatic rings. The minimum Gasteiger partial charge on any atom is -0.326 e. The molecule has 1 N–H and O–H groups in total. The van der Waals surface area contributed by atoms with Crippen LogP contribution in [0.1, 0.15) is 43.0 Å². The number of Topliss-reactive ketones (excluding diaryl/α,β-unsaturated/α-hetero) is 1. The Hall–Kier alpha value is -3.08. The molecule has 0 heterocycles. The van der Waals surface area contributed by atoms with E-state index in [1.165, 1.54) is 0 Å². The van der Waals surface area contributed by atoms with Crippen LogP contribution in [-0.4, -0.2) is 24.3 Å². The number of aldehydes is 2. The number of amides is 1. The van der Waals surface area contributed by atoms with E-state index in [1.54, 1.807) is 12.1 Å². The summed E-state index contributed by atoms with van der Waals surface area (Å²) >= 11 is 0. The van der Waals surface area contributed by atoms with Gasteiger partial charge in [-0.15, -0.1) is 0 Å². The summed E-state index contributed by atoms with van der Waals surface area (Å²) in [6.07, 6.45) is 3.23. The number of ketones is 1. The summed E-state index contributed by atoms with van der Waals surface area (Å²) in [7, 11) is 0. The second-order valence-corrected chi connectivity index (χ2v) is 6.37. The molecule has 0 bridgehead atoms. The van der Waals surface area contributed by atoms with Gasteiger partial charge in [-0.1, -0.05) is 49.7 Å². The van der Waals surface area contributed by atoms with Crippen LogP contribution in [0.15, 0.2) is 48.5 Å². The number of rotatable bonds is 10. The normalized spacial score (nSPS) is 10.4. The predicted octanol–water partition coefficient (Wildman–Crippen LogP) is 4.07. The van der Waals surface area contributed by atoms with Crippen molar-refractivity contribution in [3.05, 3.63) is 54.1 Å². The van der Waals surface area contributed by atoms with Crippen LogP contribution < -0.4 is 5.32 Å². The van der Waals surface area contributed by atoms with E-state index in [2.05, 4.69) is 5.32 Å². The minimum absolute atomic E-state index is 0.0106. The zero-order chi connectivity index (χ0) is 19.6. The molecule has 0 fully saturated rings. The third-order valence-electron chi connectivity index (χ3n) is 4.24. The number of carbonyl (C=O) groups excluding carboxylic acids is 4. The molecule has 2 rings (SSSR count). The zero-order valence-electron chi connectivity index (χ0n) is 15.3. The van der Waals surface area contributed by atoms with E-state index in [4.69, 9.17) is 0 Å². The lowest BCUT2D eigenvalue weighted by Gasteiger charge is -2.08. The smallest absolute Gasteiger partial charge is 0.224 e. The third kappa shape index (κ3) is 5.99. The third-order valence-corrected chi connectivity index (χ3v) is 4.24. The largest absolute Gasteiger partial charge is 0.326 e. The SMILES string of the molecule is CCCCC(=O)Nc1ccc(-c2ccc(C(=O)CC(C=O)C=O)cc2)cc1. The first-order valence-electron chi connectivity index (χ1n) is 9.01. The molecule has 0 unspecified atom stereocenters. The highest BCUT2D eigenvalue weighted by Gasteiger charge is 2.14. The Morgan fingerprint density at radius 3 is 2.00 bits per heavy atom. The van der Waals surface area contributed by atoms with E-state index >= 15 is 0 Å². The Balaban J connectivity index is 2.02. The van der Waals surface area contributed by atoms with Gasteiger partial charge in [0, 0.05) is 24.1 Å². The lowest BCUT2D eigenvalue weighted by atomic mass is 9.98. The molecule has 0 aliphatic carbocycles. The van der Waals surface area contributed by atoms with E-state index in [0.717, 1.165) is 29.7 Å². The molecule has 2 aromatic carbocycles. The Morgan fingerprint density at radius 2 is 1.48 bits per heavy atom. The van der Waals surface area contributed by atoms with Crippen molar-refractivity contribution in [1.82, 2.24) is 0 Å². The summed E-state index contributed by atoms with van der Waals surface area (Å²) in [6, 6.07) is 14.5. The maximum atomic E-state index is 12.1. The second-order valence-electron chi connectivity index (χ2n) is 6.37. The van der Waals surface area contributed by atoms with Gasteiger partial charge in [0.15, 0.2) is 5.78 Å². The lowest BCUT2D eigenvalue weighted by molar-refractivity contribution is -0.119. The average Bonchev–Trinajstić information content (AvgIpc) is 2.71. The molecule has 0 saturated heterocycles. The molecular formula is C22H23NO4. The zero-order valence-corrected chi connectivity index (χ0v) is 15.3. The van der Waals surface area contributed by atoms with Crippen molar-refractivity contribution in [3.8, 4) is 11.1 Å². The number of hydrogen-bond donors (Lipinski definition) is 1. The van der Waals surface area contributed by atoms with Crippen molar-refractivity contribution in [3.63, 3.8) is 0 Å². The average molecular weight is 365 g/mol. The van der Waals surface area contributed by atoms with Gasteiger partial charge in [-0.05, 0) is 29.7 Å². The highest BCUT2D eigenvalue weighted by molar-refractivity contribution is 6.00. The first kappa shape index (κ1) is 20.2. The molecule has 5 heteroatoms. The van der Waals surface area contributed by atoms with Crippen molar-refractivity contribution >= 4 is 30.0 Å². The van der Waals surface area contributed by atoms with E-state index in [-0.39, 0.29) is 18.1 Å². The van der Waals surface area contributed by atoms with Crippen LogP contribution >= 0.6 is 0 Å². The van der Waals surface area contributed by atoms with Crippen LogP contribution in [0, 0.1) is 5.92 Å². The molecule has 0 radical (unpaired) electrons. The van der Waals surface area contributed by atoms with Crippen molar-refractivity contribution in [2.45, 2.75) is 32.6 Å². The van der Waals surface area contributed by atoms with E-state index < -0.39 is 5.92 Å². The van der Waals surface area contributed by atoms with E-state index in [1.807, 2.05) is 43.3 Å². The summed E-state index contributed by atoms with van der Waals surface area (Å²) in [6.45, 7) is 2.05. The molecule has 27 heavy (non-hydrogen) atoms. The van der Waals surface area contributed by atoms with Gasteiger partial charge in [0.2, 0.25) is 5.91 Å². The monoisotopic (exact) mass is 365 g/mol. The first-order chi connectivity index (χ1) is 13.1. The summed E-state index contributed by atoms with van der Waals surface area (Å²) in [4.78, 5) is 45.2. The summed E-state index contributed by atoms with van der Waals surface area (Å²) in [5, 5.41) is 2.87. The number of unbranched alkanes of at least 4 members (excludes halogenated alkanes) is 1. The quantitative estimate of drug-likeness (QED) is 0.391. The van der Waals surface area contributed by atoms with Gasteiger partial charge in [-0.2, -0.15) is 0 Å².